The highest BCUT2D eigenvalue weighted by molar-refractivity contribution is 7.48. The van der Waals surface area contributed by atoms with Crippen molar-refractivity contribution in [1.82, 2.24) is 0 Å². The van der Waals surface area contributed by atoms with Gasteiger partial charge in [-0.2, -0.15) is 0 Å². The van der Waals surface area contributed by atoms with Crippen LogP contribution in [-0.4, -0.2) is 10.7 Å². The maximum Gasteiger partial charge on any atom is 0.146 e. The van der Waals surface area contributed by atoms with Crippen LogP contribution in [0.25, 0.3) is 0 Å². The lowest BCUT2D eigenvalue weighted by Crippen LogP contribution is -2.27. The molecular formula is C23H34O3P2. The first kappa shape index (κ1) is 23.1. The SMILES string of the molecule is CC[C@@](C)(Oc1ccc(C)cc1C)POPC(C)(C)Oc1ccc(C)cc1C. The van der Waals surface area contributed by atoms with Crippen LogP contribution < -0.4 is 9.47 Å². The predicted octanol–water partition coefficient (Wildman–Crippen LogP) is 7.44. The Morgan fingerprint density at radius 2 is 1.25 bits per heavy atom. The Kier molecular flexibility index (Phi) is 7.91. The molecule has 0 heterocycles. The minimum atomic E-state index is -0.387. The van der Waals surface area contributed by atoms with Crippen molar-refractivity contribution in [3.8, 4) is 11.5 Å². The first-order valence-electron chi connectivity index (χ1n) is 9.76. The van der Waals surface area contributed by atoms with Crippen LogP contribution in [0.2, 0.25) is 0 Å². The lowest BCUT2D eigenvalue weighted by Gasteiger charge is -2.32. The molecule has 0 bridgehead atoms. The summed E-state index contributed by atoms with van der Waals surface area (Å²) >= 11 is 0. The first-order chi connectivity index (χ1) is 13.0. The van der Waals surface area contributed by atoms with Gasteiger partial charge in [0.15, 0.2) is 0 Å². The molecule has 0 aliphatic rings. The number of hydrogen-bond donors (Lipinski definition) is 0. The van der Waals surface area contributed by atoms with E-state index in [-0.39, 0.29) is 28.3 Å². The van der Waals surface area contributed by atoms with Gasteiger partial charge in [-0.1, -0.05) is 42.3 Å². The van der Waals surface area contributed by atoms with Crippen LogP contribution in [0.4, 0.5) is 0 Å². The molecule has 0 aliphatic carbocycles. The minimum absolute atomic E-state index is 0.221. The topological polar surface area (TPSA) is 27.7 Å². The van der Waals surface area contributed by atoms with Gasteiger partial charge in [0, 0.05) is 0 Å². The smallest absolute Gasteiger partial charge is 0.146 e. The first-order valence-corrected chi connectivity index (χ1v) is 11.6. The van der Waals surface area contributed by atoms with E-state index in [4.69, 9.17) is 13.8 Å². The molecule has 0 aromatic heterocycles. The van der Waals surface area contributed by atoms with Crippen LogP contribution in [0.15, 0.2) is 36.4 Å². The van der Waals surface area contributed by atoms with Crippen LogP contribution in [0.1, 0.15) is 56.4 Å². The summed E-state index contributed by atoms with van der Waals surface area (Å²) in [7, 11) is 0.456. The highest BCUT2D eigenvalue weighted by Crippen LogP contribution is 2.47. The van der Waals surface area contributed by atoms with Crippen LogP contribution in [-0.2, 0) is 4.31 Å². The normalized spacial score (nSPS) is 14.7. The fraction of sp³-hybridized carbons (Fsp3) is 0.478. The van der Waals surface area contributed by atoms with E-state index in [2.05, 4.69) is 85.7 Å². The summed E-state index contributed by atoms with van der Waals surface area (Å²) in [6.45, 7) is 16.8. The van der Waals surface area contributed by atoms with Crippen molar-refractivity contribution < 1.29 is 13.8 Å². The molecule has 0 fully saturated rings. The number of rotatable bonds is 9. The number of hydrogen-bond acceptors (Lipinski definition) is 3. The van der Waals surface area contributed by atoms with Crippen molar-refractivity contribution in [3.63, 3.8) is 0 Å². The van der Waals surface area contributed by atoms with Crippen molar-refractivity contribution >= 4 is 17.6 Å². The predicted molar refractivity (Wildman–Crippen MR) is 124 cm³/mol. The third kappa shape index (κ3) is 6.73. The van der Waals surface area contributed by atoms with Gasteiger partial charge in [0.1, 0.15) is 22.2 Å². The minimum Gasteiger partial charge on any atom is -0.481 e. The molecule has 0 saturated heterocycles. The Balaban J connectivity index is 1.96. The second-order valence-corrected chi connectivity index (χ2v) is 11.6. The Hall–Kier alpha value is -1.14. The molecule has 2 aromatic rings. The Labute approximate surface area is 174 Å². The average Bonchev–Trinajstić information content (AvgIpc) is 2.60. The van der Waals surface area contributed by atoms with Gasteiger partial charge < -0.3 is 13.8 Å². The van der Waals surface area contributed by atoms with Crippen molar-refractivity contribution in [2.24, 2.45) is 0 Å². The quantitative estimate of drug-likeness (QED) is 0.395. The number of aryl methyl sites for hydroxylation is 4. The molecule has 0 saturated carbocycles. The standard InChI is InChI=1S/C23H34O3P2/c1-9-23(8,25-21-13-11-17(3)15-19(21)5)28-26-27-22(6,7)24-20-12-10-16(2)14-18(20)4/h10-15,27-28H,9H2,1-8H3/t23-/m0/s1. The van der Waals surface area contributed by atoms with Crippen LogP contribution in [0.3, 0.4) is 0 Å². The van der Waals surface area contributed by atoms with E-state index in [1.807, 2.05) is 6.07 Å². The summed E-state index contributed by atoms with van der Waals surface area (Å²) in [4.78, 5) is 0. The second-order valence-electron chi connectivity index (χ2n) is 8.14. The largest absolute Gasteiger partial charge is 0.481 e. The van der Waals surface area contributed by atoms with E-state index in [0.29, 0.717) is 0 Å². The monoisotopic (exact) mass is 420 g/mol. The molecule has 0 amide bonds. The summed E-state index contributed by atoms with van der Waals surface area (Å²) in [6.07, 6.45) is 0.877. The maximum absolute atomic E-state index is 6.35. The average molecular weight is 420 g/mol. The van der Waals surface area contributed by atoms with Crippen LogP contribution in [0.5, 0.6) is 11.5 Å². The van der Waals surface area contributed by atoms with Gasteiger partial charge in [-0.25, -0.2) is 0 Å². The molecular weight excluding hydrogens is 386 g/mol. The molecule has 2 aromatic carbocycles. The third-order valence-corrected chi connectivity index (χ3v) is 6.90. The summed E-state index contributed by atoms with van der Waals surface area (Å²) in [6, 6.07) is 12.6. The lowest BCUT2D eigenvalue weighted by molar-refractivity contribution is 0.167. The van der Waals surface area contributed by atoms with Gasteiger partial charge in [-0.3, -0.25) is 0 Å². The summed E-state index contributed by atoms with van der Waals surface area (Å²) in [5, 5.41) is -0.732. The highest BCUT2D eigenvalue weighted by atomic mass is 31.2. The van der Waals surface area contributed by atoms with Gasteiger partial charge in [0.05, 0.1) is 17.6 Å². The molecule has 28 heavy (non-hydrogen) atoms. The molecule has 154 valence electrons. The van der Waals surface area contributed by atoms with Crippen molar-refractivity contribution in [2.75, 3.05) is 0 Å². The van der Waals surface area contributed by atoms with Crippen molar-refractivity contribution in [1.29, 1.82) is 0 Å². The van der Waals surface area contributed by atoms with E-state index < -0.39 is 0 Å². The zero-order valence-electron chi connectivity index (χ0n) is 18.4. The molecule has 2 rings (SSSR count). The zero-order chi connectivity index (χ0) is 20.9. The zero-order valence-corrected chi connectivity index (χ0v) is 20.4. The van der Waals surface area contributed by atoms with Gasteiger partial charge in [-0.05, 0) is 78.1 Å². The van der Waals surface area contributed by atoms with E-state index in [1.54, 1.807) is 0 Å². The summed E-state index contributed by atoms with van der Waals surface area (Å²) in [5.41, 5.74) is 4.79. The van der Waals surface area contributed by atoms with Crippen LogP contribution >= 0.6 is 17.6 Å². The lowest BCUT2D eigenvalue weighted by atomic mass is 10.1. The van der Waals surface area contributed by atoms with Gasteiger partial charge in [-0.15, -0.1) is 0 Å². The second kappa shape index (κ2) is 9.57. The van der Waals surface area contributed by atoms with E-state index >= 15 is 0 Å². The molecule has 0 aliphatic heterocycles. The summed E-state index contributed by atoms with van der Waals surface area (Å²) < 4.78 is 18.7. The third-order valence-electron chi connectivity index (χ3n) is 4.60. The Morgan fingerprint density at radius 3 is 1.71 bits per heavy atom. The van der Waals surface area contributed by atoms with Gasteiger partial charge >= 0.3 is 0 Å². The van der Waals surface area contributed by atoms with E-state index in [9.17, 15) is 0 Å². The van der Waals surface area contributed by atoms with E-state index in [1.165, 1.54) is 11.1 Å². The molecule has 0 spiro atoms. The molecule has 0 N–H and O–H groups in total. The van der Waals surface area contributed by atoms with Crippen LogP contribution in [0, 0.1) is 27.7 Å². The van der Waals surface area contributed by atoms with E-state index in [0.717, 1.165) is 29.0 Å². The maximum atomic E-state index is 6.35. The fourth-order valence-corrected chi connectivity index (χ4v) is 5.29. The van der Waals surface area contributed by atoms with Gasteiger partial charge in [0.25, 0.3) is 0 Å². The highest BCUT2D eigenvalue weighted by Gasteiger charge is 2.29. The fourth-order valence-electron chi connectivity index (χ4n) is 2.79. The molecule has 3 nitrogen and oxygen atoms in total. The summed E-state index contributed by atoms with van der Waals surface area (Å²) in [5.74, 6) is 1.85. The Bertz CT molecular complexity index is 804. The Morgan fingerprint density at radius 1 is 0.750 bits per heavy atom. The van der Waals surface area contributed by atoms with Crippen molar-refractivity contribution in [3.05, 3.63) is 58.7 Å². The van der Waals surface area contributed by atoms with Gasteiger partial charge in [0.2, 0.25) is 0 Å². The molecule has 0 radical (unpaired) electrons. The van der Waals surface area contributed by atoms with Crippen molar-refractivity contribution in [2.45, 2.75) is 72.5 Å². The molecule has 5 heteroatoms. The molecule has 2 unspecified atom stereocenters. The number of benzene rings is 2. The number of ether oxygens (including phenoxy) is 2. The molecule has 3 atom stereocenters.